The van der Waals surface area contributed by atoms with Crippen molar-refractivity contribution in [2.75, 3.05) is 5.75 Å². The van der Waals surface area contributed by atoms with Crippen LogP contribution in [0.4, 0.5) is 0 Å². The van der Waals surface area contributed by atoms with E-state index in [2.05, 4.69) is 6.92 Å². The Hall–Kier alpha value is -1.33. The fraction of sp³-hybridized carbons (Fsp3) is 0.636. The molecule has 0 bridgehead atoms. The third-order valence-corrected chi connectivity index (χ3v) is 6.90. The van der Waals surface area contributed by atoms with E-state index in [0.717, 1.165) is 18.6 Å². The van der Waals surface area contributed by atoms with E-state index in [0.29, 0.717) is 5.56 Å². The number of carbonyl (C=O) groups excluding carboxylic acids is 2. The fourth-order valence-electron chi connectivity index (χ4n) is 3.84. The van der Waals surface area contributed by atoms with Gasteiger partial charge in [0.1, 0.15) is 5.75 Å². The molecule has 1 aliphatic carbocycles. The molecule has 4 nitrogen and oxygen atoms in total. The molecule has 5 heteroatoms. The van der Waals surface area contributed by atoms with E-state index < -0.39 is 11.0 Å². The zero-order chi connectivity index (χ0) is 19.3. The van der Waals surface area contributed by atoms with E-state index in [-0.39, 0.29) is 22.9 Å². The molecule has 0 radical (unpaired) electrons. The lowest BCUT2D eigenvalue weighted by molar-refractivity contribution is 0.0909. The van der Waals surface area contributed by atoms with E-state index in [1.165, 1.54) is 69.2 Å². The van der Waals surface area contributed by atoms with Gasteiger partial charge < -0.3 is 9.84 Å². The lowest BCUT2D eigenvalue weighted by Crippen LogP contribution is -2.34. The van der Waals surface area contributed by atoms with Gasteiger partial charge in [-0.15, -0.1) is 11.8 Å². The van der Waals surface area contributed by atoms with Crippen LogP contribution in [-0.4, -0.2) is 33.5 Å². The molecule has 0 saturated carbocycles. The van der Waals surface area contributed by atoms with E-state index in [1.807, 2.05) is 0 Å². The van der Waals surface area contributed by atoms with Gasteiger partial charge in [-0.3, -0.25) is 9.59 Å². The number of fused-ring (bicyclic) bond motifs is 2. The van der Waals surface area contributed by atoms with Crippen molar-refractivity contribution in [1.82, 2.24) is 0 Å². The summed E-state index contributed by atoms with van der Waals surface area (Å²) >= 11 is 1.46. The second kappa shape index (κ2) is 9.24. The highest BCUT2D eigenvalue weighted by Crippen LogP contribution is 2.54. The van der Waals surface area contributed by atoms with Gasteiger partial charge in [-0.25, -0.2) is 0 Å². The molecule has 1 saturated heterocycles. The van der Waals surface area contributed by atoms with Crippen LogP contribution >= 0.6 is 11.8 Å². The minimum absolute atomic E-state index is 0.125. The number of epoxide rings is 1. The maximum absolute atomic E-state index is 12.8. The van der Waals surface area contributed by atoms with Gasteiger partial charge in [-0.1, -0.05) is 76.8 Å². The largest absolute Gasteiger partial charge is 0.507 e. The lowest BCUT2D eigenvalue weighted by Gasteiger charge is -2.18. The molecule has 27 heavy (non-hydrogen) atoms. The van der Waals surface area contributed by atoms with Crippen LogP contribution in [0.25, 0.3) is 0 Å². The number of unbranched alkanes of at least 4 members (excludes halogenated alkanes) is 9. The summed E-state index contributed by atoms with van der Waals surface area (Å²) in [6.07, 6.45) is 12.0. The van der Waals surface area contributed by atoms with Crippen molar-refractivity contribution in [2.24, 2.45) is 0 Å². The third-order valence-electron chi connectivity index (χ3n) is 5.48. The number of carbonyl (C=O) groups is 2. The van der Waals surface area contributed by atoms with E-state index >= 15 is 0 Å². The molecule has 1 aliphatic heterocycles. The number of benzene rings is 1. The number of hydrogen-bond donors (Lipinski definition) is 1. The number of hydrogen-bond acceptors (Lipinski definition) is 5. The summed E-state index contributed by atoms with van der Waals surface area (Å²) in [5, 5.41) is 9.91. The normalized spacial score (nSPS) is 23.2. The van der Waals surface area contributed by atoms with Gasteiger partial charge in [0.15, 0.2) is 6.10 Å². The molecule has 1 aromatic rings. The van der Waals surface area contributed by atoms with Crippen LogP contribution in [-0.2, 0) is 4.74 Å². The lowest BCUT2D eigenvalue weighted by atomic mass is 9.88. The number of Topliss-reactive ketones (excluding diaryl/α,β-unsaturated/α-hetero) is 2. The Bertz CT molecular complexity index is 687. The number of phenols is 1. The molecule has 2 atom stereocenters. The first-order valence-electron chi connectivity index (χ1n) is 10.3. The van der Waals surface area contributed by atoms with E-state index in [9.17, 15) is 14.7 Å². The standard InChI is InChI=1S/C22H30O4S/c1-2-3-4-5-6-7-8-9-10-11-15-27-22-20(25)16-13-12-14-17(23)18(16)19(24)21(22)26-22/h12-14,21,23H,2-11,15H2,1H3. The first-order valence-corrected chi connectivity index (χ1v) is 11.3. The van der Waals surface area contributed by atoms with Crippen molar-refractivity contribution in [1.29, 1.82) is 0 Å². The highest BCUT2D eigenvalue weighted by atomic mass is 32.2. The predicted molar refractivity (Wildman–Crippen MR) is 109 cm³/mol. The zero-order valence-electron chi connectivity index (χ0n) is 16.2. The summed E-state index contributed by atoms with van der Waals surface area (Å²) < 4.78 is 5.57. The highest BCUT2D eigenvalue weighted by Gasteiger charge is 2.69. The Kier molecular flexibility index (Phi) is 6.99. The van der Waals surface area contributed by atoms with Crippen molar-refractivity contribution < 1.29 is 19.4 Å². The van der Waals surface area contributed by atoms with Crippen molar-refractivity contribution >= 4 is 23.3 Å². The molecule has 0 spiro atoms. The van der Waals surface area contributed by atoms with Crippen molar-refractivity contribution in [3.63, 3.8) is 0 Å². The maximum Gasteiger partial charge on any atom is 0.211 e. The van der Waals surface area contributed by atoms with Crippen LogP contribution in [0.3, 0.4) is 0 Å². The Labute approximate surface area is 166 Å². The summed E-state index contributed by atoms with van der Waals surface area (Å²) in [7, 11) is 0. The molecule has 2 unspecified atom stereocenters. The van der Waals surface area contributed by atoms with Crippen LogP contribution < -0.4 is 0 Å². The monoisotopic (exact) mass is 390 g/mol. The topological polar surface area (TPSA) is 66.9 Å². The Morgan fingerprint density at radius 2 is 1.63 bits per heavy atom. The molecule has 2 aliphatic rings. The first kappa shape index (κ1) is 20.4. The zero-order valence-corrected chi connectivity index (χ0v) is 17.0. The number of ether oxygens (including phenoxy) is 1. The van der Waals surface area contributed by atoms with Gasteiger partial charge in [0.05, 0.1) is 5.56 Å². The van der Waals surface area contributed by atoms with Crippen molar-refractivity contribution in [3.05, 3.63) is 29.3 Å². The van der Waals surface area contributed by atoms with Crippen LogP contribution in [0, 0.1) is 0 Å². The van der Waals surface area contributed by atoms with Gasteiger partial charge in [0, 0.05) is 5.56 Å². The van der Waals surface area contributed by atoms with Crippen LogP contribution in [0.15, 0.2) is 18.2 Å². The second-order valence-electron chi connectivity index (χ2n) is 7.59. The molecule has 1 aromatic carbocycles. The van der Waals surface area contributed by atoms with Crippen LogP contribution in [0.1, 0.15) is 91.8 Å². The van der Waals surface area contributed by atoms with Crippen LogP contribution in [0.2, 0.25) is 0 Å². The predicted octanol–water partition coefficient (Wildman–Crippen LogP) is 5.52. The Balaban J connectivity index is 1.37. The Morgan fingerprint density at radius 1 is 1.00 bits per heavy atom. The molecule has 1 fully saturated rings. The minimum Gasteiger partial charge on any atom is -0.507 e. The van der Waals surface area contributed by atoms with Crippen molar-refractivity contribution in [2.45, 2.75) is 82.2 Å². The van der Waals surface area contributed by atoms with Gasteiger partial charge >= 0.3 is 0 Å². The molecule has 0 aromatic heterocycles. The summed E-state index contributed by atoms with van der Waals surface area (Å²) in [6, 6.07) is 4.65. The number of phenolic OH excluding ortho intramolecular Hbond substituents is 1. The third kappa shape index (κ3) is 4.40. The maximum atomic E-state index is 12.8. The molecular weight excluding hydrogens is 360 g/mol. The average Bonchev–Trinajstić information content (AvgIpc) is 3.41. The number of aromatic hydroxyl groups is 1. The SMILES string of the molecule is CCCCCCCCCCCCSC12OC1C(=O)c1c(O)cccc1C2=O. The molecule has 0 amide bonds. The van der Waals surface area contributed by atoms with Gasteiger partial charge in [0.2, 0.25) is 16.5 Å². The quantitative estimate of drug-likeness (QED) is 0.376. The summed E-state index contributed by atoms with van der Waals surface area (Å²) in [5.74, 6) is 0.253. The fourth-order valence-corrected chi connectivity index (χ4v) is 5.15. The minimum atomic E-state index is -1.03. The molecular formula is C22H30O4S. The van der Waals surface area contributed by atoms with Gasteiger partial charge in [-0.2, -0.15) is 0 Å². The smallest absolute Gasteiger partial charge is 0.211 e. The van der Waals surface area contributed by atoms with Gasteiger partial charge in [-0.05, 0) is 18.2 Å². The highest BCUT2D eigenvalue weighted by molar-refractivity contribution is 8.01. The average molecular weight is 391 g/mol. The van der Waals surface area contributed by atoms with Gasteiger partial charge in [0.25, 0.3) is 0 Å². The van der Waals surface area contributed by atoms with Crippen molar-refractivity contribution in [3.8, 4) is 5.75 Å². The van der Waals surface area contributed by atoms with Crippen LogP contribution in [0.5, 0.6) is 5.75 Å². The Morgan fingerprint density at radius 3 is 2.30 bits per heavy atom. The van der Waals surface area contributed by atoms with E-state index in [1.54, 1.807) is 12.1 Å². The first-order chi connectivity index (χ1) is 13.1. The van der Waals surface area contributed by atoms with E-state index in [4.69, 9.17) is 4.74 Å². The summed E-state index contributed by atoms with van der Waals surface area (Å²) in [6.45, 7) is 2.24. The molecule has 3 rings (SSSR count). The molecule has 1 heterocycles. The number of ketones is 2. The summed E-state index contributed by atoms with van der Waals surface area (Å²) in [5.41, 5.74) is 0.421. The molecule has 148 valence electrons. The second-order valence-corrected chi connectivity index (χ2v) is 8.89. The number of rotatable bonds is 12. The molecule has 1 N–H and O–H groups in total. The number of thioether (sulfide) groups is 1. The summed E-state index contributed by atoms with van der Waals surface area (Å²) in [4.78, 5) is 24.2.